The zero-order valence-corrected chi connectivity index (χ0v) is 16.2. The summed E-state index contributed by atoms with van der Waals surface area (Å²) in [7, 11) is 0. The van der Waals surface area contributed by atoms with Crippen LogP contribution in [0.4, 0.5) is 11.5 Å². The second kappa shape index (κ2) is 8.76. The summed E-state index contributed by atoms with van der Waals surface area (Å²) >= 11 is 0. The van der Waals surface area contributed by atoms with Crippen LogP contribution in [0.3, 0.4) is 0 Å². The molecule has 1 saturated carbocycles. The number of rotatable bonds is 8. The van der Waals surface area contributed by atoms with Gasteiger partial charge in [0.1, 0.15) is 5.82 Å². The van der Waals surface area contributed by atoms with Gasteiger partial charge in [-0.05, 0) is 24.8 Å². The van der Waals surface area contributed by atoms with E-state index in [1.807, 2.05) is 37.3 Å². The summed E-state index contributed by atoms with van der Waals surface area (Å²) in [6.07, 6.45) is 2.07. The summed E-state index contributed by atoms with van der Waals surface area (Å²) in [5.74, 6) is -1.23. The third-order valence-electron chi connectivity index (χ3n) is 4.66. The second-order valence-corrected chi connectivity index (χ2v) is 6.99. The Morgan fingerprint density at radius 2 is 1.93 bits per heavy atom. The third-order valence-corrected chi connectivity index (χ3v) is 4.66. The minimum Gasteiger partial charge on any atom is -0.455 e. The van der Waals surface area contributed by atoms with Crippen LogP contribution >= 0.6 is 0 Å². The lowest BCUT2D eigenvalue weighted by Crippen LogP contribution is -2.43. The minimum atomic E-state index is -0.757. The first-order chi connectivity index (χ1) is 13.9. The Labute approximate surface area is 167 Å². The van der Waals surface area contributed by atoms with Gasteiger partial charge in [-0.15, -0.1) is 0 Å². The van der Waals surface area contributed by atoms with Gasteiger partial charge in [0.25, 0.3) is 11.5 Å². The predicted octanol–water partition coefficient (Wildman–Crippen LogP) is 0.863. The number of anilines is 2. The number of nitrogens with one attached hydrogen (secondary N) is 1. The van der Waals surface area contributed by atoms with E-state index in [2.05, 4.69) is 4.98 Å². The van der Waals surface area contributed by atoms with Gasteiger partial charge in [0.2, 0.25) is 0 Å². The fourth-order valence-corrected chi connectivity index (χ4v) is 2.99. The molecule has 1 fully saturated rings. The molecule has 1 aliphatic carbocycles. The van der Waals surface area contributed by atoms with Gasteiger partial charge in [-0.1, -0.05) is 37.3 Å². The first kappa shape index (κ1) is 20.4. The summed E-state index contributed by atoms with van der Waals surface area (Å²) in [6.45, 7) is 1.68. The molecule has 0 saturated heterocycles. The smallest absolute Gasteiger partial charge is 0.330 e. The van der Waals surface area contributed by atoms with Gasteiger partial charge in [-0.3, -0.25) is 23.9 Å². The summed E-state index contributed by atoms with van der Waals surface area (Å²) < 4.78 is 6.26. The number of carbonyl (C=O) groups excluding carboxylic acids is 2. The van der Waals surface area contributed by atoms with E-state index in [1.165, 1.54) is 9.47 Å². The Hall–Kier alpha value is -3.36. The number of nitrogens with zero attached hydrogens (tertiary/aromatic N) is 2. The number of ether oxygens (including phenoxy) is 1. The van der Waals surface area contributed by atoms with Gasteiger partial charge < -0.3 is 15.4 Å². The van der Waals surface area contributed by atoms with Crippen molar-refractivity contribution in [2.45, 2.75) is 32.7 Å². The van der Waals surface area contributed by atoms with Crippen LogP contribution in [0.5, 0.6) is 0 Å². The van der Waals surface area contributed by atoms with Crippen molar-refractivity contribution in [3.63, 3.8) is 0 Å². The maximum atomic E-state index is 12.7. The monoisotopic (exact) mass is 400 g/mol. The Kier molecular flexibility index (Phi) is 6.16. The lowest BCUT2D eigenvalue weighted by Gasteiger charge is -2.24. The molecule has 0 unspecified atom stereocenters. The van der Waals surface area contributed by atoms with Crippen LogP contribution < -0.4 is 21.9 Å². The van der Waals surface area contributed by atoms with Crippen LogP contribution in [0.25, 0.3) is 0 Å². The number of nitrogens with two attached hydrogens (primary N) is 1. The van der Waals surface area contributed by atoms with E-state index in [4.69, 9.17) is 10.5 Å². The molecule has 1 aliphatic rings. The average Bonchev–Trinajstić information content (AvgIpc) is 3.54. The second-order valence-electron chi connectivity index (χ2n) is 6.99. The van der Waals surface area contributed by atoms with Crippen molar-refractivity contribution in [2.75, 3.05) is 23.8 Å². The van der Waals surface area contributed by atoms with Crippen molar-refractivity contribution in [2.24, 2.45) is 5.92 Å². The molecular weight excluding hydrogens is 376 g/mol. The number of esters is 1. The van der Waals surface area contributed by atoms with Crippen molar-refractivity contribution >= 4 is 23.4 Å². The van der Waals surface area contributed by atoms with Crippen molar-refractivity contribution in [3.05, 3.63) is 56.7 Å². The maximum Gasteiger partial charge on any atom is 0.330 e. The van der Waals surface area contributed by atoms with Crippen molar-refractivity contribution < 1.29 is 14.3 Å². The zero-order chi connectivity index (χ0) is 21.0. The number of benzene rings is 1. The van der Waals surface area contributed by atoms with Crippen LogP contribution in [0.15, 0.2) is 39.9 Å². The standard InChI is InChI=1S/C20H24N4O5/c1-2-10-23(15(25)12-29-19(27)14-8-9-14)16-17(21)24(20(28)22-18(16)26)11-13-6-4-3-5-7-13/h3-7,14H,2,8-12,21H2,1H3,(H,22,26,28). The average molecular weight is 400 g/mol. The van der Waals surface area contributed by atoms with Gasteiger partial charge in [0, 0.05) is 6.54 Å². The molecule has 0 radical (unpaired) electrons. The molecule has 9 nitrogen and oxygen atoms in total. The highest BCUT2D eigenvalue weighted by atomic mass is 16.5. The molecule has 29 heavy (non-hydrogen) atoms. The van der Waals surface area contributed by atoms with Crippen LogP contribution in [0.2, 0.25) is 0 Å². The molecule has 1 aromatic heterocycles. The molecule has 1 aromatic carbocycles. The van der Waals surface area contributed by atoms with Crippen LogP contribution in [-0.4, -0.2) is 34.6 Å². The molecule has 0 bridgehead atoms. The topological polar surface area (TPSA) is 127 Å². The lowest BCUT2D eigenvalue weighted by molar-refractivity contribution is -0.149. The SMILES string of the molecule is CCCN(C(=O)COC(=O)C1CC1)c1c(N)n(Cc2ccccc2)c(=O)[nH]c1=O. The quantitative estimate of drug-likeness (QED) is 0.633. The van der Waals surface area contributed by atoms with E-state index in [9.17, 15) is 19.2 Å². The van der Waals surface area contributed by atoms with E-state index in [0.717, 1.165) is 18.4 Å². The van der Waals surface area contributed by atoms with E-state index < -0.39 is 29.7 Å². The van der Waals surface area contributed by atoms with Gasteiger partial charge in [-0.2, -0.15) is 0 Å². The Morgan fingerprint density at radius 3 is 2.55 bits per heavy atom. The summed E-state index contributed by atoms with van der Waals surface area (Å²) in [5.41, 5.74) is 5.43. The van der Waals surface area contributed by atoms with E-state index >= 15 is 0 Å². The Balaban J connectivity index is 1.91. The summed E-state index contributed by atoms with van der Waals surface area (Å²) in [4.78, 5) is 52.6. The van der Waals surface area contributed by atoms with Crippen molar-refractivity contribution in [1.29, 1.82) is 0 Å². The van der Waals surface area contributed by atoms with Crippen LogP contribution in [-0.2, 0) is 20.9 Å². The number of aromatic amines is 1. The van der Waals surface area contributed by atoms with Crippen molar-refractivity contribution in [3.8, 4) is 0 Å². The Bertz CT molecular complexity index is 1010. The zero-order valence-electron chi connectivity index (χ0n) is 16.2. The fourth-order valence-electron chi connectivity index (χ4n) is 2.99. The van der Waals surface area contributed by atoms with Gasteiger partial charge in [0.05, 0.1) is 12.5 Å². The third kappa shape index (κ3) is 4.74. The number of carbonyl (C=O) groups is 2. The number of amides is 1. The molecule has 3 rings (SSSR count). The van der Waals surface area contributed by atoms with Gasteiger partial charge >= 0.3 is 11.7 Å². The first-order valence-corrected chi connectivity index (χ1v) is 9.55. The molecule has 1 heterocycles. The maximum absolute atomic E-state index is 12.7. The fraction of sp³-hybridized carbons (Fsp3) is 0.400. The van der Waals surface area contributed by atoms with E-state index in [0.29, 0.717) is 6.42 Å². The number of H-pyrrole nitrogens is 1. The van der Waals surface area contributed by atoms with Crippen LogP contribution in [0.1, 0.15) is 31.7 Å². The van der Waals surface area contributed by atoms with Crippen LogP contribution in [0, 0.1) is 5.92 Å². The Morgan fingerprint density at radius 1 is 1.24 bits per heavy atom. The highest BCUT2D eigenvalue weighted by molar-refractivity contribution is 5.97. The van der Waals surface area contributed by atoms with Gasteiger partial charge in [0.15, 0.2) is 12.3 Å². The molecule has 154 valence electrons. The largest absolute Gasteiger partial charge is 0.455 e. The molecule has 1 amide bonds. The minimum absolute atomic E-state index is 0.113. The highest BCUT2D eigenvalue weighted by Crippen LogP contribution is 2.30. The summed E-state index contributed by atoms with van der Waals surface area (Å²) in [6, 6.07) is 9.14. The molecule has 0 atom stereocenters. The lowest BCUT2D eigenvalue weighted by atomic mass is 10.2. The molecule has 9 heteroatoms. The molecule has 0 aliphatic heterocycles. The number of hydrogen-bond acceptors (Lipinski definition) is 6. The number of hydrogen-bond donors (Lipinski definition) is 2. The van der Waals surface area contributed by atoms with E-state index in [-0.39, 0.29) is 30.5 Å². The summed E-state index contributed by atoms with van der Waals surface area (Å²) in [5, 5.41) is 0. The first-order valence-electron chi connectivity index (χ1n) is 9.55. The van der Waals surface area contributed by atoms with Crippen molar-refractivity contribution in [1.82, 2.24) is 9.55 Å². The molecular formula is C20H24N4O5. The van der Waals surface area contributed by atoms with E-state index in [1.54, 1.807) is 0 Å². The van der Waals surface area contributed by atoms with Gasteiger partial charge in [-0.25, -0.2) is 4.79 Å². The molecule has 2 aromatic rings. The number of aromatic nitrogens is 2. The normalized spacial score (nSPS) is 13.1. The number of nitrogen functional groups attached to an aromatic ring is 1. The highest BCUT2D eigenvalue weighted by Gasteiger charge is 2.32. The predicted molar refractivity (Wildman–Crippen MR) is 108 cm³/mol. The molecule has 3 N–H and O–H groups in total. The molecule has 0 spiro atoms.